The van der Waals surface area contributed by atoms with E-state index in [-0.39, 0.29) is 5.91 Å². The van der Waals surface area contributed by atoms with E-state index in [2.05, 4.69) is 49.3 Å². The summed E-state index contributed by atoms with van der Waals surface area (Å²) in [6.07, 6.45) is 2.75. The highest BCUT2D eigenvalue weighted by Crippen LogP contribution is 2.32. The second-order valence-corrected chi connectivity index (χ2v) is 8.80. The number of likely N-dealkylation sites (N-methyl/N-ethyl adjacent to an activating group) is 1. The highest BCUT2D eigenvalue weighted by molar-refractivity contribution is 6.02. The number of rotatable bonds is 8. The molecule has 1 aliphatic heterocycles. The molecule has 0 saturated carbocycles. The van der Waals surface area contributed by atoms with Crippen molar-refractivity contribution in [3.63, 3.8) is 0 Å². The van der Waals surface area contributed by atoms with Crippen LogP contribution in [0, 0.1) is 0 Å². The largest absolute Gasteiger partial charge is 0.494 e. The molecule has 0 spiro atoms. The molecule has 3 aromatic rings. The summed E-state index contributed by atoms with van der Waals surface area (Å²) in [5.74, 6) is 1.05. The first-order chi connectivity index (χ1) is 18.4. The Kier molecular flexibility index (Phi) is 8.39. The Morgan fingerprint density at radius 1 is 1.05 bits per heavy atom. The number of nitrogens with zero attached hydrogens (tertiary/aromatic N) is 5. The smallest absolute Gasteiger partial charge is 0.327 e. The van der Waals surface area contributed by atoms with Gasteiger partial charge in [-0.1, -0.05) is 12.6 Å². The van der Waals surface area contributed by atoms with Gasteiger partial charge in [-0.15, -0.1) is 0 Å². The van der Waals surface area contributed by atoms with E-state index in [0.29, 0.717) is 34.6 Å². The molecule has 1 fully saturated rings. The number of nitrogens with one attached hydrogen (secondary N) is 3. The molecule has 1 aliphatic rings. The van der Waals surface area contributed by atoms with Gasteiger partial charge >= 0.3 is 6.03 Å². The predicted molar refractivity (Wildman–Crippen MR) is 151 cm³/mol. The van der Waals surface area contributed by atoms with Crippen molar-refractivity contribution in [2.75, 3.05) is 73.1 Å². The van der Waals surface area contributed by atoms with E-state index in [1.54, 1.807) is 50.7 Å². The maximum Gasteiger partial charge on any atom is 0.327 e. The summed E-state index contributed by atoms with van der Waals surface area (Å²) in [6, 6.07) is 14.0. The molecule has 0 atom stereocenters. The van der Waals surface area contributed by atoms with Crippen LogP contribution in [-0.2, 0) is 4.79 Å². The molecular formula is C27H32N8O3. The first-order valence-electron chi connectivity index (χ1n) is 12.2. The number of urea groups is 1. The molecule has 1 saturated heterocycles. The number of benzene rings is 2. The van der Waals surface area contributed by atoms with Crippen molar-refractivity contribution in [2.45, 2.75) is 0 Å². The number of anilines is 6. The van der Waals surface area contributed by atoms with Gasteiger partial charge in [-0.25, -0.2) is 9.78 Å². The number of methoxy groups -OCH3 is 1. The van der Waals surface area contributed by atoms with E-state index in [0.717, 1.165) is 31.9 Å². The lowest BCUT2D eigenvalue weighted by atomic mass is 10.2. The standard InChI is InChI=1S/C27H32N8O3/c1-5-25(36)29-19-7-6-8-20(17-19)30-27(37)34(3)24-11-12-28-26(32-24)31-22-10-9-21(18-23(22)38-4)35-15-13-33(2)14-16-35/h5-12,17-18H,1,13-16H2,2-4H3,(H,29,36)(H,30,37)(H,28,31,32). The minimum atomic E-state index is -0.407. The number of amides is 3. The monoisotopic (exact) mass is 516 g/mol. The third-order valence-electron chi connectivity index (χ3n) is 6.16. The molecule has 1 aromatic heterocycles. The van der Waals surface area contributed by atoms with E-state index < -0.39 is 6.03 Å². The van der Waals surface area contributed by atoms with Crippen LogP contribution in [0.1, 0.15) is 0 Å². The van der Waals surface area contributed by atoms with Gasteiger partial charge < -0.3 is 30.5 Å². The fourth-order valence-electron chi connectivity index (χ4n) is 3.94. The normalized spacial score (nSPS) is 13.4. The molecule has 11 heteroatoms. The summed E-state index contributed by atoms with van der Waals surface area (Å²) in [4.78, 5) is 39.3. The molecule has 2 aromatic carbocycles. The number of hydrogen-bond donors (Lipinski definition) is 3. The lowest BCUT2D eigenvalue weighted by Gasteiger charge is -2.34. The Labute approximate surface area is 222 Å². The van der Waals surface area contributed by atoms with Crippen molar-refractivity contribution < 1.29 is 14.3 Å². The molecule has 3 amide bonds. The second-order valence-electron chi connectivity index (χ2n) is 8.80. The van der Waals surface area contributed by atoms with Gasteiger partial charge in [-0.05, 0) is 49.5 Å². The highest BCUT2D eigenvalue weighted by atomic mass is 16.5. The number of aromatic nitrogens is 2. The molecular weight excluding hydrogens is 484 g/mol. The predicted octanol–water partition coefficient (Wildman–Crippen LogP) is 3.77. The maximum atomic E-state index is 12.9. The number of hydrogen-bond acceptors (Lipinski definition) is 8. The third kappa shape index (κ3) is 6.56. The van der Waals surface area contributed by atoms with Crippen LogP contribution in [0.2, 0.25) is 0 Å². The van der Waals surface area contributed by atoms with Gasteiger partial charge in [0.2, 0.25) is 11.9 Å². The molecule has 2 heterocycles. The molecule has 0 radical (unpaired) electrons. The molecule has 4 rings (SSSR count). The Morgan fingerprint density at radius 3 is 2.50 bits per heavy atom. The van der Waals surface area contributed by atoms with E-state index in [9.17, 15) is 9.59 Å². The first kappa shape index (κ1) is 26.4. The zero-order valence-electron chi connectivity index (χ0n) is 21.8. The van der Waals surface area contributed by atoms with Crippen LogP contribution in [0.3, 0.4) is 0 Å². The molecule has 38 heavy (non-hydrogen) atoms. The molecule has 0 unspecified atom stereocenters. The summed E-state index contributed by atoms with van der Waals surface area (Å²) < 4.78 is 5.63. The van der Waals surface area contributed by atoms with Crippen molar-refractivity contribution in [3.05, 3.63) is 67.4 Å². The number of piperazine rings is 1. The number of carbonyl (C=O) groups excluding carboxylic acids is 2. The molecule has 11 nitrogen and oxygen atoms in total. The summed E-state index contributed by atoms with van der Waals surface area (Å²) in [5.41, 5.74) is 2.87. The minimum absolute atomic E-state index is 0.321. The van der Waals surface area contributed by atoms with Crippen LogP contribution < -0.4 is 30.5 Å². The molecule has 0 aliphatic carbocycles. The van der Waals surface area contributed by atoms with Crippen molar-refractivity contribution in [1.29, 1.82) is 0 Å². The highest BCUT2D eigenvalue weighted by Gasteiger charge is 2.17. The number of ether oxygens (including phenoxy) is 1. The van der Waals surface area contributed by atoms with Crippen LogP contribution in [0.25, 0.3) is 0 Å². The average Bonchev–Trinajstić information content (AvgIpc) is 2.93. The molecule has 198 valence electrons. The Bertz CT molecular complexity index is 1310. The SMILES string of the molecule is C=CC(=O)Nc1cccc(NC(=O)N(C)c2ccnc(Nc3ccc(N4CCN(C)CC4)cc3OC)n2)c1. The van der Waals surface area contributed by atoms with E-state index in [1.807, 2.05) is 18.2 Å². The first-order valence-corrected chi connectivity index (χ1v) is 12.2. The van der Waals surface area contributed by atoms with Crippen molar-refractivity contribution >= 4 is 46.5 Å². The zero-order chi connectivity index (χ0) is 27.1. The van der Waals surface area contributed by atoms with Gasteiger partial charge in [0.15, 0.2) is 0 Å². The van der Waals surface area contributed by atoms with Crippen LogP contribution >= 0.6 is 0 Å². The quantitative estimate of drug-likeness (QED) is 0.388. The van der Waals surface area contributed by atoms with Gasteiger partial charge in [0, 0.05) is 62.6 Å². The minimum Gasteiger partial charge on any atom is -0.494 e. The summed E-state index contributed by atoms with van der Waals surface area (Å²) >= 11 is 0. The molecule has 0 bridgehead atoms. The second kappa shape index (κ2) is 12.1. The van der Waals surface area contributed by atoms with Gasteiger partial charge in [0.1, 0.15) is 11.6 Å². The number of carbonyl (C=O) groups is 2. The van der Waals surface area contributed by atoms with Crippen LogP contribution in [0.15, 0.2) is 67.4 Å². The van der Waals surface area contributed by atoms with Crippen molar-refractivity contribution in [3.8, 4) is 5.75 Å². The fraction of sp³-hybridized carbons (Fsp3) is 0.259. The Hall–Kier alpha value is -4.64. The Balaban J connectivity index is 1.44. The van der Waals surface area contributed by atoms with Gasteiger partial charge in [-0.2, -0.15) is 4.98 Å². The summed E-state index contributed by atoms with van der Waals surface area (Å²) in [5, 5.41) is 8.66. The summed E-state index contributed by atoms with van der Waals surface area (Å²) in [7, 11) is 5.36. The van der Waals surface area contributed by atoms with Crippen molar-refractivity contribution in [2.24, 2.45) is 0 Å². The van der Waals surface area contributed by atoms with Crippen molar-refractivity contribution in [1.82, 2.24) is 14.9 Å². The zero-order valence-corrected chi connectivity index (χ0v) is 21.8. The third-order valence-corrected chi connectivity index (χ3v) is 6.16. The summed E-state index contributed by atoms with van der Waals surface area (Å²) in [6.45, 7) is 7.38. The van der Waals surface area contributed by atoms with Gasteiger partial charge in [-0.3, -0.25) is 9.69 Å². The topological polar surface area (TPSA) is 115 Å². The van der Waals surface area contributed by atoms with E-state index >= 15 is 0 Å². The van der Waals surface area contributed by atoms with Crippen LogP contribution in [0.4, 0.5) is 39.3 Å². The van der Waals surface area contributed by atoms with Gasteiger partial charge in [0.25, 0.3) is 0 Å². The van der Waals surface area contributed by atoms with Crippen LogP contribution in [-0.4, -0.2) is 74.2 Å². The van der Waals surface area contributed by atoms with E-state index in [4.69, 9.17) is 4.74 Å². The Morgan fingerprint density at radius 2 is 1.79 bits per heavy atom. The van der Waals surface area contributed by atoms with Crippen LogP contribution in [0.5, 0.6) is 5.75 Å². The van der Waals surface area contributed by atoms with E-state index in [1.165, 1.54) is 11.0 Å². The lowest BCUT2D eigenvalue weighted by molar-refractivity contribution is -0.111. The fourth-order valence-corrected chi connectivity index (χ4v) is 3.94. The maximum absolute atomic E-state index is 12.9. The van der Waals surface area contributed by atoms with Gasteiger partial charge in [0.05, 0.1) is 12.8 Å². The lowest BCUT2D eigenvalue weighted by Crippen LogP contribution is -2.44. The molecule has 3 N–H and O–H groups in total. The average molecular weight is 517 g/mol.